The van der Waals surface area contributed by atoms with Crippen molar-refractivity contribution in [2.75, 3.05) is 11.9 Å². The quantitative estimate of drug-likeness (QED) is 0.585. The SMILES string of the molecule is CC(NC(=O)c1cccc(OCc2cccc(Cl)c2)c1)c1ccc2c(c1)NC(=O)CO2. The summed E-state index contributed by atoms with van der Waals surface area (Å²) in [5, 5.41) is 6.40. The van der Waals surface area contributed by atoms with Gasteiger partial charge in [-0.2, -0.15) is 0 Å². The third kappa shape index (κ3) is 5.16. The fourth-order valence-electron chi connectivity index (χ4n) is 3.25. The van der Waals surface area contributed by atoms with Gasteiger partial charge in [0.25, 0.3) is 11.8 Å². The van der Waals surface area contributed by atoms with Gasteiger partial charge in [0.1, 0.15) is 18.1 Å². The van der Waals surface area contributed by atoms with Gasteiger partial charge in [0, 0.05) is 10.6 Å². The molecular formula is C24H21ClN2O4. The lowest BCUT2D eigenvalue weighted by Crippen LogP contribution is -2.28. The lowest BCUT2D eigenvalue weighted by Gasteiger charge is -2.21. The number of carbonyl (C=O) groups is 2. The molecule has 0 aromatic heterocycles. The van der Waals surface area contributed by atoms with Crippen LogP contribution in [0, 0.1) is 0 Å². The lowest BCUT2D eigenvalue weighted by atomic mass is 10.1. The van der Waals surface area contributed by atoms with Crippen LogP contribution < -0.4 is 20.1 Å². The summed E-state index contributed by atoms with van der Waals surface area (Å²) in [6, 6.07) is 19.6. The molecule has 0 fully saturated rings. The Labute approximate surface area is 185 Å². The molecule has 3 aromatic rings. The van der Waals surface area contributed by atoms with Gasteiger partial charge >= 0.3 is 0 Å². The minimum absolute atomic E-state index is 0.00829. The van der Waals surface area contributed by atoms with Crippen LogP contribution in [0.1, 0.15) is 34.5 Å². The highest BCUT2D eigenvalue weighted by Gasteiger charge is 2.18. The van der Waals surface area contributed by atoms with Crippen LogP contribution in [-0.2, 0) is 11.4 Å². The van der Waals surface area contributed by atoms with Crippen LogP contribution in [0.5, 0.6) is 11.5 Å². The zero-order chi connectivity index (χ0) is 21.8. The number of carbonyl (C=O) groups excluding carboxylic acids is 2. The second kappa shape index (κ2) is 9.10. The molecule has 31 heavy (non-hydrogen) atoms. The molecule has 1 aliphatic heterocycles. The van der Waals surface area contributed by atoms with E-state index in [0.29, 0.717) is 34.4 Å². The highest BCUT2D eigenvalue weighted by Crippen LogP contribution is 2.30. The minimum Gasteiger partial charge on any atom is -0.489 e. The Balaban J connectivity index is 1.41. The Morgan fingerprint density at radius 3 is 2.84 bits per heavy atom. The summed E-state index contributed by atoms with van der Waals surface area (Å²) in [5.41, 5.74) is 2.89. The van der Waals surface area contributed by atoms with Crippen molar-refractivity contribution < 1.29 is 19.1 Å². The molecule has 0 aliphatic carbocycles. The maximum absolute atomic E-state index is 12.8. The van der Waals surface area contributed by atoms with Crippen LogP contribution in [0.3, 0.4) is 0 Å². The van der Waals surface area contributed by atoms with Crippen molar-refractivity contribution in [2.45, 2.75) is 19.6 Å². The van der Waals surface area contributed by atoms with Crippen LogP contribution in [0.2, 0.25) is 5.02 Å². The smallest absolute Gasteiger partial charge is 0.262 e. The van der Waals surface area contributed by atoms with E-state index in [-0.39, 0.29) is 24.5 Å². The fraction of sp³-hybridized carbons (Fsp3) is 0.167. The average molecular weight is 437 g/mol. The summed E-state index contributed by atoms with van der Waals surface area (Å²) in [4.78, 5) is 24.3. The van der Waals surface area contributed by atoms with E-state index in [1.165, 1.54) is 0 Å². The maximum Gasteiger partial charge on any atom is 0.262 e. The summed E-state index contributed by atoms with van der Waals surface area (Å²) >= 11 is 6.00. The van der Waals surface area contributed by atoms with Gasteiger partial charge in [-0.3, -0.25) is 9.59 Å². The molecule has 1 unspecified atom stereocenters. The van der Waals surface area contributed by atoms with Gasteiger partial charge in [0.2, 0.25) is 0 Å². The van der Waals surface area contributed by atoms with Crippen molar-refractivity contribution in [1.82, 2.24) is 5.32 Å². The number of rotatable bonds is 6. The van der Waals surface area contributed by atoms with Crippen molar-refractivity contribution in [2.24, 2.45) is 0 Å². The Bertz CT molecular complexity index is 1130. The first kappa shape index (κ1) is 20.8. The predicted molar refractivity (Wildman–Crippen MR) is 119 cm³/mol. The second-order valence-electron chi connectivity index (χ2n) is 7.23. The number of nitrogens with one attached hydrogen (secondary N) is 2. The minimum atomic E-state index is -0.271. The third-order valence-corrected chi connectivity index (χ3v) is 5.11. The highest BCUT2D eigenvalue weighted by molar-refractivity contribution is 6.30. The highest BCUT2D eigenvalue weighted by atomic mass is 35.5. The first-order chi connectivity index (χ1) is 15.0. The monoisotopic (exact) mass is 436 g/mol. The molecule has 1 aliphatic rings. The van der Waals surface area contributed by atoms with Crippen LogP contribution in [0.25, 0.3) is 0 Å². The van der Waals surface area contributed by atoms with Crippen molar-refractivity contribution in [1.29, 1.82) is 0 Å². The fourth-order valence-corrected chi connectivity index (χ4v) is 3.47. The number of hydrogen-bond donors (Lipinski definition) is 2. The third-order valence-electron chi connectivity index (χ3n) is 4.87. The summed E-state index contributed by atoms with van der Waals surface area (Å²) in [5.74, 6) is 0.787. The van der Waals surface area contributed by atoms with E-state index < -0.39 is 0 Å². The van der Waals surface area contributed by atoms with E-state index in [0.717, 1.165) is 11.1 Å². The van der Waals surface area contributed by atoms with Gasteiger partial charge in [-0.15, -0.1) is 0 Å². The van der Waals surface area contributed by atoms with Crippen LogP contribution in [-0.4, -0.2) is 18.4 Å². The van der Waals surface area contributed by atoms with E-state index in [4.69, 9.17) is 21.1 Å². The molecular weight excluding hydrogens is 416 g/mol. The molecule has 3 aromatic carbocycles. The zero-order valence-electron chi connectivity index (χ0n) is 16.9. The number of fused-ring (bicyclic) bond motifs is 1. The molecule has 4 rings (SSSR count). The molecule has 1 heterocycles. The van der Waals surface area contributed by atoms with Gasteiger partial charge in [0.15, 0.2) is 6.61 Å². The topological polar surface area (TPSA) is 76.7 Å². The van der Waals surface area contributed by atoms with Gasteiger partial charge in [0.05, 0.1) is 11.7 Å². The lowest BCUT2D eigenvalue weighted by molar-refractivity contribution is -0.118. The Morgan fingerprint density at radius 2 is 2.00 bits per heavy atom. The predicted octanol–water partition coefficient (Wildman–Crippen LogP) is 4.74. The molecule has 0 saturated carbocycles. The molecule has 0 bridgehead atoms. The summed E-state index contributed by atoms with van der Waals surface area (Å²) in [6.07, 6.45) is 0. The summed E-state index contributed by atoms with van der Waals surface area (Å²) in [7, 11) is 0. The van der Waals surface area contributed by atoms with Gasteiger partial charge in [-0.25, -0.2) is 0 Å². The number of amides is 2. The summed E-state index contributed by atoms with van der Waals surface area (Å²) < 4.78 is 11.2. The van der Waals surface area contributed by atoms with E-state index in [1.807, 2.05) is 37.3 Å². The van der Waals surface area contributed by atoms with Crippen LogP contribution in [0.4, 0.5) is 5.69 Å². The molecule has 0 radical (unpaired) electrons. The molecule has 7 heteroatoms. The van der Waals surface area contributed by atoms with Gasteiger partial charge < -0.3 is 20.1 Å². The van der Waals surface area contributed by atoms with Crippen molar-refractivity contribution in [3.05, 3.63) is 88.4 Å². The van der Waals surface area contributed by atoms with Crippen molar-refractivity contribution in [3.63, 3.8) is 0 Å². The van der Waals surface area contributed by atoms with Crippen LogP contribution in [0.15, 0.2) is 66.7 Å². The standard InChI is InChI=1S/C24H21ClN2O4/c1-15(17-8-9-22-21(12-17)27-23(28)14-31-22)26-24(29)18-5-3-7-20(11-18)30-13-16-4-2-6-19(25)10-16/h2-12,15H,13-14H2,1H3,(H,26,29)(H,27,28). The number of ether oxygens (including phenoxy) is 2. The van der Waals surface area contributed by atoms with Crippen molar-refractivity contribution >= 4 is 29.1 Å². The molecule has 6 nitrogen and oxygen atoms in total. The van der Waals surface area contributed by atoms with Crippen molar-refractivity contribution in [3.8, 4) is 11.5 Å². The first-order valence-corrected chi connectivity index (χ1v) is 10.2. The number of halogens is 1. The number of anilines is 1. The maximum atomic E-state index is 12.8. The largest absolute Gasteiger partial charge is 0.489 e. The van der Waals surface area contributed by atoms with E-state index in [1.54, 1.807) is 36.4 Å². The number of hydrogen-bond acceptors (Lipinski definition) is 4. The van der Waals surface area contributed by atoms with E-state index in [2.05, 4.69) is 10.6 Å². The first-order valence-electron chi connectivity index (χ1n) is 9.83. The number of benzene rings is 3. The molecule has 0 spiro atoms. The van der Waals surface area contributed by atoms with Gasteiger partial charge in [-0.1, -0.05) is 35.9 Å². The zero-order valence-corrected chi connectivity index (χ0v) is 17.6. The molecule has 1 atom stereocenters. The normalized spacial score (nSPS) is 13.4. The molecule has 2 N–H and O–H groups in total. The van der Waals surface area contributed by atoms with E-state index >= 15 is 0 Å². The Kier molecular flexibility index (Phi) is 6.09. The second-order valence-corrected chi connectivity index (χ2v) is 7.67. The molecule has 2 amide bonds. The summed E-state index contributed by atoms with van der Waals surface area (Å²) in [6.45, 7) is 2.24. The molecule has 0 saturated heterocycles. The van der Waals surface area contributed by atoms with Crippen LogP contribution >= 0.6 is 11.6 Å². The average Bonchev–Trinajstić information content (AvgIpc) is 2.77. The molecule has 158 valence electrons. The van der Waals surface area contributed by atoms with E-state index in [9.17, 15) is 9.59 Å². The Morgan fingerprint density at radius 1 is 1.16 bits per heavy atom. The Hall–Kier alpha value is -3.51. The van der Waals surface area contributed by atoms with Gasteiger partial charge in [-0.05, 0) is 60.5 Å².